The number of hydrogen-bond donors (Lipinski definition) is 2. The number of aliphatic imine (C=N–C) groups is 1. The molecular formula is C22H33IN6. The zero-order valence-corrected chi connectivity index (χ0v) is 20.1. The highest BCUT2D eigenvalue weighted by atomic mass is 127. The fraction of sp³-hybridized carbons (Fsp3) is 0.500. The van der Waals surface area contributed by atoms with Crippen molar-refractivity contribution in [2.75, 3.05) is 13.1 Å². The number of hydrogen-bond acceptors (Lipinski definition) is 3. The van der Waals surface area contributed by atoms with Crippen molar-refractivity contribution in [1.82, 2.24) is 25.4 Å². The molecule has 0 atom stereocenters. The Morgan fingerprint density at radius 1 is 1.21 bits per heavy atom. The van der Waals surface area contributed by atoms with Gasteiger partial charge in [0.15, 0.2) is 11.8 Å². The lowest BCUT2D eigenvalue weighted by Gasteiger charge is -2.15. The Labute approximate surface area is 191 Å². The maximum atomic E-state index is 4.70. The molecule has 2 heterocycles. The van der Waals surface area contributed by atoms with Gasteiger partial charge in [0.05, 0.1) is 12.2 Å². The number of rotatable bonds is 7. The lowest BCUT2D eigenvalue weighted by Crippen LogP contribution is -2.37. The van der Waals surface area contributed by atoms with Gasteiger partial charge in [-0.15, -0.1) is 24.0 Å². The van der Waals surface area contributed by atoms with Crippen molar-refractivity contribution in [2.45, 2.75) is 59.4 Å². The van der Waals surface area contributed by atoms with Crippen LogP contribution in [0.1, 0.15) is 56.0 Å². The minimum absolute atomic E-state index is 0. The van der Waals surface area contributed by atoms with Crippen molar-refractivity contribution >= 4 is 29.9 Å². The van der Waals surface area contributed by atoms with E-state index in [2.05, 4.69) is 45.8 Å². The first-order chi connectivity index (χ1) is 13.7. The van der Waals surface area contributed by atoms with E-state index in [1.165, 1.54) is 25.7 Å². The van der Waals surface area contributed by atoms with E-state index in [0.717, 1.165) is 48.2 Å². The second-order valence-corrected chi connectivity index (χ2v) is 7.34. The smallest absolute Gasteiger partial charge is 0.191 e. The molecule has 0 amide bonds. The van der Waals surface area contributed by atoms with Gasteiger partial charge < -0.3 is 10.6 Å². The molecule has 0 fully saturated rings. The van der Waals surface area contributed by atoms with Gasteiger partial charge in [0.25, 0.3) is 0 Å². The summed E-state index contributed by atoms with van der Waals surface area (Å²) in [6.45, 7) is 8.49. The van der Waals surface area contributed by atoms with Gasteiger partial charge in [-0.25, -0.2) is 14.7 Å². The average molecular weight is 508 g/mol. The van der Waals surface area contributed by atoms with Crippen molar-refractivity contribution in [3.63, 3.8) is 0 Å². The van der Waals surface area contributed by atoms with Crippen molar-refractivity contribution < 1.29 is 0 Å². The van der Waals surface area contributed by atoms with Crippen LogP contribution in [-0.2, 0) is 6.54 Å². The third kappa shape index (κ3) is 7.13. The van der Waals surface area contributed by atoms with Crippen LogP contribution in [0.3, 0.4) is 0 Å². The number of aryl methyl sites for hydroxylation is 2. The topological polar surface area (TPSA) is 67.1 Å². The van der Waals surface area contributed by atoms with Gasteiger partial charge in [-0.05, 0) is 70.6 Å². The highest BCUT2D eigenvalue weighted by Gasteiger charge is 2.06. The molecule has 1 aliphatic rings. The second kappa shape index (κ2) is 11.9. The number of allylic oxidation sites excluding steroid dienone is 1. The first kappa shape index (κ1) is 23.4. The number of pyridine rings is 1. The zero-order chi connectivity index (χ0) is 19.8. The van der Waals surface area contributed by atoms with E-state index < -0.39 is 0 Å². The summed E-state index contributed by atoms with van der Waals surface area (Å²) in [6, 6.07) is 6.12. The normalized spacial score (nSPS) is 14.2. The number of nitrogens with zero attached hydrogens (tertiary/aromatic N) is 4. The van der Waals surface area contributed by atoms with Crippen LogP contribution in [0, 0.1) is 13.8 Å². The van der Waals surface area contributed by atoms with Crippen LogP contribution < -0.4 is 10.6 Å². The van der Waals surface area contributed by atoms with Gasteiger partial charge in [-0.1, -0.05) is 17.7 Å². The fourth-order valence-electron chi connectivity index (χ4n) is 3.48. The summed E-state index contributed by atoms with van der Waals surface area (Å²) in [4.78, 5) is 9.26. The summed E-state index contributed by atoms with van der Waals surface area (Å²) in [5.41, 5.74) is 4.75. The minimum Gasteiger partial charge on any atom is -0.357 e. The van der Waals surface area contributed by atoms with Crippen molar-refractivity contribution in [2.24, 2.45) is 4.99 Å². The molecular weight excluding hydrogens is 475 g/mol. The lowest BCUT2D eigenvalue weighted by atomic mass is 9.97. The Morgan fingerprint density at radius 3 is 2.69 bits per heavy atom. The Hall–Kier alpha value is -1.90. The molecule has 0 unspecified atom stereocenters. The number of guanidine groups is 1. The van der Waals surface area contributed by atoms with E-state index in [9.17, 15) is 0 Å². The van der Waals surface area contributed by atoms with E-state index >= 15 is 0 Å². The van der Waals surface area contributed by atoms with E-state index in [-0.39, 0.29) is 24.0 Å². The van der Waals surface area contributed by atoms with E-state index in [4.69, 9.17) is 4.99 Å². The Kier molecular flexibility index (Phi) is 9.63. The average Bonchev–Trinajstić information content (AvgIpc) is 3.05. The van der Waals surface area contributed by atoms with E-state index in [1.54, 1.807) is 5.57 Å². The highest BCUT2D eigenvalue weighted by molar-refractivity contribution is 14.0. The van der Waals surface area contributed by atoms with Crippen molar-refractivity contribution in [1.29, 1.82) is 0 Å². The third-order valence-corrected chi connectivity index (χ3v) is 4.92. The lowest BCUT2D eigenvalue weighted by molar-refractivity contribution is 0.665. The molecule has 0 aliphatic heterocycles. The predicted molar refractivity (Wildman–Crippen MR) is 130 cm³/mol. The second-order valence-electron chi connectivity index (χ2n) is 7.34. The molecule has 2 aromatic rings. The van der Waals surface area contributed by atoms with Gasteiger partial charge in [-0.3, -0.25) is 0 Å². The third-order valence-electron chi connectivity index (χ3n) is 4.92. The van der Waals surface area contributed by atoms with E-state index in [1.807, 2.05) is 30.8 Å². The summed E-state index contributed by atoms with van der Waals surface area (Å²) in [6.07, 6.45) is 10.6. The number of halogens is 1. The molecule has 0 aromatic carbocycles. The SMILES string of the molecule is CCNC(=NCc1ccc(-n2nc(C)cc2C)nc1)NCCC1=CCCCC1.I. The molecule has 0 saturated carbocycles. The molecule has 29 heavy (non-hydrogen) atoms. The standard InChI is InChI=1S/C22H32N6.HI/c1-4-23-22(24-13-12-19-8-6-5-7-9-19)26-16-20-10-11-21(25-15-20)28-18(3)14-17(2)27-28;/h8,10-11,14-15H,4-7,9,12-13,16H2,1-3H3,(H2,23,24,26);1H. The highest BCUT2D eigenvalue weighted by Crippen LogP contribution is 2.19. The Morgan fingerprint density at radius 2 is 2.07 bits per heavy atom. The summed E-state index contributed by atoms with van der Waals surface area (Å²) >= 11 is 0. The maximum absolute atomic E-state index is 4.70. The van der Waals surface area contributed by atoms with Gasteiger partial charge in [-0.2, -0.15) is 5.10 Å². The molecule has 1 aliphatic carbocycles. The summed E-state index contributed by atoms with van der Waals surface area (Å²) in [5.74, 6) is 1.70. The number of nitrogens with one attached hydrogen (secondary N) is 2. The van der Waals surface area contributed by atoms with Crippen molar-refractivity contribution in [3.05, 3.63) is 53.0 Å². The number of aromatic nitrogens is 3. The quantitative estimate of drug-likeness (QED) is 0.251. The molecule has 7 heteroatoms. The Balaban J connectivity index is 0.00000300. The van der Waals surface area contributed by atoms with Gasteiger partial charge in [0.2, 0.25) is 0 Å². The van der Waals surface area contributed by atoms with Crippen molar-refractivity contribution in [3.8, 4) is 5.82 Å². The fourth-order valence-corrected chi connectivity index (χ4v) is 3.48. The van der Waals surface area contributed by atoms with Crippen LogP contribution in [0.25, 0.3) is 5.82 Å². The molecule has 0 saturated heterocycles. The van der Waals surface area contributed by atoms with Crippen LogP contribution in [0.15, 0.2) is 41.0 Å². The van der Waals surface area contributed by atoms with Gasteiger partial charge in [0, 0.05) is 25.0 Å². The molecule has 0 bridgehead atoms. The summed E-state index contributed by atoms with van der Waals surface area (Å²) < 4.78 is 1.87. The van der Waals surface area contributed by atoms with E-state index in [0.29, 0.717) is 6.54 Å². The largest absolute Gasteiger partial charge is 0.357 e. The molecule has 6 nitrogen and oxygen atoms in total. The molecule has 3 rings (SSSR count). The maximum Gasteiger partial charge on any atom is 0.191 e. The van der Waals surface area contributed by atoms with Gasteiger partial charge in [0.1, 0.15) is 0 Å². The predicted octanol–water partition coefficient (Wildman–Crippen LogP) is 4.45. The first-order valence-corrected chi connectivity index (χ1v) is 10.3. The van der Waals surface area contributed by atoms with Crippen LogP contribution in [-0.4, -0.2) is 33.8 Å². The van der Waals surface area contributed by atoms with Gasteiger partial charge >= 0.3 is 0 Å². The van der Waals surface area contributed by atoms with Crippen LogP contribution >= 0.6 is 24.0 Å². The molecule has 0 radical (unpaired) electrons. The molecule has 2 N–H and O–H groups in total. The summed E-state index contributed by atoms with van der Waals surface area (Å²) in [5, 5.41) is 11.3. The summed E-state index contributed by atoms with van der Waals surface area (Å²) in [7, 11) is 0. The molecule has 2 aromatic heterocycles. The van der Waals surface area contributed by atoms with Crippen LogP contribution in [0.4, 0.5) is 0 Å². The monoisotopic (exact) mass is 508 g/mol. The zero-order valence-electron chi connectivity index (χ0n) is 17.7. The van der Waals surface area contributed by atoms with Crippen LogP contribution in [0.5, 0.6) is 0 Å². The van der Waals surface area contributed by atoms with Crippen LogP contribution in [0.2, 0.25) is 0 Å². The minimum atomic E-state index is 0. The molecule has 0 spiro atoms. The molecule has 158 valence electrons. The Bertz CT molecular complexity index is 822. The first-order valence-electron chi connectivity index (χ1n) is 10.3.